The first-order valence-electron chi connectivity index (χ1n) is 20.1. The van der Waals surface area contributed by atoms with Crippen molar-refractivity contribution in [2.24, 2.45) is 15.9 Å². The number of hydrogen-bond acceptors (Lipinski definition) is 3. The number of rotatable bonds is 4. The molecule has 12 rings (SSSR count). The number of benzene rings is 10. The van der Waals surface area contributed by atoms with Crippen molar-refractivity contribution in [3.05, 3.63) is 205 Å². The maximum atomic E-state index is 5.61. The summed E-state index contributed by atoms with van der Waals surface area (Å²) in [5, 5.41) is 15.0. The standard InChI is InChI=1S/C54H36N4/c1-33-51(34-27-29-45-41-21-7-5-17-37(41)39-19-9-11-23-43(39)47(45)31-34)56-53(54-55-49-25-13-14-26-50(49)58(54)36-15-3-2-4-16-36)57-52(33)35-28-30-46-42-22-8-6-18-38(42)40-20-10-12-24-44(40)48(46)32-35/h2-33,51H,1H3. The van der Waals surface area contributed by atoms with Crippen LogP contribution < -0.4 is 0 Å². The first-order chi connectivity index (χ1) is 28.7. The Morgan fingerprint density at radius 1 is 0.431 bits per heavy atom. The molecular weight excluding hydrogens is 705 g/mol. The van der Waals surface area contributed by atoms with Gasteiger partial charge in [-0.1, -0.05) is 159 Å². The summed E-state index contributed by atoms with van der Waals surface area (Å²) in [6.07, 6.45) is 0. The van der Waals surface area contributed by atoms with Crippen molar-refractivity contribution >= 4 is 87.2 Å². The van der Waals surface area contributed by atoms with Crippen LogP contribution in [0, 0.1) is 5.92 Å². The number of aromatic nitrogens is 2. The van der Waals surface area contributed by atoms with Gasteiger partial charge in [0.1, 0.15) is 0 Å². The molecule has 2 unspecified atom stereocenters. The third-order valence-corrected chi connectivity index (χ3v) is 12.3. The van der Waals surface area contributed by atoms with Crippen LogP contribution in [0.25, 0.3) is 81.4 Å². The summed E-state index contributed by atoms with van der Waals surface area (Å²) in [4.78, 5) is 16.4. The summed E-state index contributed by atoms with van der Waals surface area (Å²) < 4.78 is 2.21. The van der Waals surface area contributed by atoms with Crippen molar-refractivity contribution in [1.82, 2.24) is 9.55 Å². The largest absolute Gasteiger partial charge is 0.290 e. The fourth-order valence-corrected chi connectivity index (χ4v) is 9.63. The molecule has 1 aliphatic rings. The summed E-state index contributed by atoms with van der Waals surface area (Å²) >= 11 is 0. The van der Waals surface area contributed by atoms with E-state index in [1.165, 1.54) is 64.6 Å². The Morgan fingerprint density at radius 3 is 1.48 bits per heavy atom. The summed E-state index contributed by atoms with van der Waals surface area (Å²) in [6.45, 7) is 2.29. The second kappa shape index (κ2) is 12.8. The highest BCUT2D eigenvalue weighted by Gasteiger charge is 2.32. The summed E-state index contributed by atoms with van der Waals surface area (Å²) in [5.41, 5.74) is 6.20. The topological polar surface area (TPSA) is 42.5 Å². The van der Waals surface area contributed by atoms with Crippen molar-refractivity contribution in [3.63, 3.8) is 0 Å². The molecule has 0 spiro atoms. The highest BCUT2D eigenvalue weighted by molar-refractivity contribution is 6.27. The molecule has 1 aliphatic heterocycles. The Kier molecular flexibility index (Phi) is 7.24. The van der Waals surface area contributed by atoms with Crippen LogP contribution in [-0.4, -0.2) is 21.1 Å². The number of hydrogen-bond donors (Lipinski definition) is 0. The Bertz CT molecular complexity index is 3470. The van der Waals surface area contributed by atoms with Gasteiger partial charge in [-0.15, -0.1) is 0 Å². The van der Waals surface area contributed by atoms with E-state index in [0.29, 0.717) is 5.84 Å². The first-order valence-corrected chi connectivity index (χ1v) is 20.1. The number of imidazole rings is 1. The van der Waals surface area contributed by atoms with Crippen molar-refractivity contribution in [3.8, 4) is 5.69 Å². The van der Waals surface area contributed by atoms with Crippen LogP contribution in [0.1, 0.15) is 29.9 Å². The molecule has 4 heteroatoms. The molecule has 10 aromatic carbocycles. The Labute approximate surface area is 335 Å². The van der Waals surface area contributed by atoms with E-state index in [2.05, 4.69) is 187 Å². The van der Waals surface area contributed by atoms with Crippen LogP contribution in [0.2, 0.25) is 0 Å². The van der Waals surface area contributed by atoms with Crippen LogP contribution in [0.4, 0.5) is 0 Å². The highest BCUT2D eigenvalue weighted by Crippen LogP contribution is 2.41. The molecule has 0 aliphatic carbocycles. The maximum Gasteiger partial charge on any atom is 0.192 e. The third-order valence-electron chi connectivity index (χ3n) is 12.3. The van der Waals surface area contributed by atoms with E-state index in [9.17, 15) is 0 Å². The minimum atomic E-state index is -0.217. The van der Waals surface area contributed by atoms with Crippen LogP contribution in [0.5, 0.6) is 0 Å². The molecule has 0 saturated carbocycles. The fourth-order valence-electron chi connectivity index (χ4n) is 9.63. The average Bonchev–Trinajstić information content (AvgIpc) is 3.69. The van der Waals surface area contributed by atoms with Crippen LogP contribution in [-0.2, 0) is 0 Å². The van der Waals surface area contributed by atoms with Gasteiger partial charge in [-0.3, -0.25) is 9.56 Å². The molecule has 272 valence electrons. The lowest BCUT2D eigenvalue weighted by atomic mass is 9.84. The predicted molar refractivity (Wildman–Crippen MR) is 244 cm³/mol. The molecule has 0 amide bonds. The lowest BCUT2D eigenvalue weighted by molar-refractivity contribution is 0.592. The Morgan fingerprint density at radius 2 is 0.897 bits per heavy atom. The number of para-hydroxylation sites is 3. The first kappa shape index (κ1) is 32.8. The minimum Gasteiger partial charge on any atom is -0.290 e. The van der Waals surface area contributed by atoms with Gasteiger partial charge >= 0.3 is 0 Å². The van der Waals surface area contributed by atoms with E-state index in [4.69, 9.17) is 15.0 Å². The third kappa shape index (κ3) is 4.91. The smallest absolute Gasteiger partial charge is 0.192 e. The van der Waals surface area contributed by atoms with E-state index in [-0.39, 0.29) is 12.0 Å². The second-order valence-electron chi connectivity index (χ2n) is 15.5. The molecule has 11 aromatic rings. The lowest BCUT2D eigenvalue weighted by Crippen LogP contribution is -2.27. The van der Waals surface area contributed by atoms with Crippen LogP contribution in [0.3, 0.4) is 0 Å². The zero-order valence-electron chi connectivity index (χ0n) is 31.8. The van der Waals surface area contributed by atoms with Gasteiger partial charge in [-0.2, -0.15) is 0 Å². The summed E-state index contributed by atoms with van der Waals surface area (Å²) in [5.74, 6) is 1.33. The molecule has 58 heavy (non-hydrogen) atoms. The van der Waals surface area contributed by atoms with Crippen molar-refractivity contribution < 1.29 is 0 Å². The molecule has 2 heterocycles. The molecule has 0 N–H and O–H groups in total. The monoisotopic (exact) mass is 740 g/mol. The van der Waals surface area contributed by atoms with Gasteiger partial charge in [-0.05, 0) is 112 Å². The molecule has 0 bridgehead atoms. The average molecular weight is 741 g/mol. The number of amidine groups is 1. The minimum absolute atomic E-state index is 0.0355. The van der Waals surface area contributed by atoms with Crippen molar-refractivity contribution in [2.45, 2.75) is 13.0 Å². The molecule has 0 radical (unpaired) electrons. The van der Waals surface area contributed by atoms with Gasteiger partial charge in [0, 0.05) is 11.6 Å². The number of aliphatic imine (C=N–C) groups is 2. The maximum absolute atomic E-state index is 5.61. The van der Waals surface area contributed by atoms with Gasteiger partial charge in [0.25, 0.3) is 0 Å². The Balaban J connectivity index is 1.12. The van der Waals surface area contributed by atoms with Gasteiger partial charge in [0.15, 0.2) is 11.7 Å². The van der Waals surface area contributed by atoms with Gasteiger partial charge < -0.3 is 0 Å². The van der Waals surface area contributed by atoms with E-state index in [1.807, 2.05) is 12.1 Å². The SMILES string of the molecule is CC1C(c2ccc3c4ccccc4c4ccccc4c3c2)=NC(c2nc3ccccc3n2-c2ccccc2)=NC1c1ccc2c3ccccc3c3ccccc3c2c1. The normalized spacial score (nSPS) is 15.9. The van der Waals surface area contributed by atoms with Crippen LogP contribution in [0.15, 0.2) is 198 Å². The van der Waals surface area contributed by atoms with E-state index in [0.717, 1.165) is 39.4 Å². The summed E-state index contributed by atoms with van der Waals surface area (Å²) in [6, 6.07) is 67.5. The second-order valence-corrected chi connectivity index (χ2v) is 15.5. The highest BCUT2D eigenvalue weighted by atomic mass is 15.1. The molecule has 4 nitrogen and oxygen atoms in total. The molecule has 0 saturated heterocycles. The molecule has 1 aromatic heterocycles. The van der Waals surface area contributed by atoms with Gasteiger partial charge in [-0.25, -0.2) is 9.98 Å². The number of nitrogens with zero attached hydrogens (tertiary/aromatic N) is 4. The predicted octanol–water partition coefficient (Wildman–Crippen LogP) is 13.6. The van der Waals surface area contributed by atoms with Gasteiger partial charge in [0.2, 0.25) is 0 Å². The molecule has 0 fully saturated rings. The fraction of sp³-hybridized carbons (Fsp3) is 0.0556. The number of fused-ring (bicyclic) bond motifs is 13. The molecular formula is C54H36N4. The van der Waals surface area contributed by atoms with E-state index >= 15 is 0 Å². The van der Waals surface area contributed by atoms with Gasteiger partial charge in [0.05, 0.1) is 22.8 Å². The van der Waals surface area contributed by atoms with Crippen molar-refractivity contribution in [1.29, 1.82) is 0 Å². The van der Waals surface area contributed by atoms with Crippen LogP contribution >= 0.6 is 0 Å². The zero-order chi connectivity index (χ0) is 38.3. The zero-order valence-corrected chi connectivity index (χ0v) is 31.8. The van der Waals surface area contributed by atoms with Crippen molar-refractivity contribution in [2.75, 3.05) is 0 Å². The summed E-state index contributed by atoms with van der Waals surface area (Å²) in [7, 11) is 0. The van der Waals surface area contributed by atoms with E-state index < -0.39 is 0 Å². The molecule has 2 atom stereocenters. The quantitative estimate of drug-likeness (QED) is 0.166. The lowest BCUT2D eigenvalue weighted by Gasteiger charge is -2.28. The Hall–Kier alpha value is -7.43. The van der Waals surface area contributed by atoms with E-state index in [1.54, 1.807) is 0 Å².